The number of benzene rings is 1. The number of carbonyl (C=O) groups is 1. The minimum absolute atomic E-state index is 0.121. The van der Waals surface area contributed by atoms with Gasteiger partial charge in [0.25, 0.3) is 0 Å². The molecular formula is C19H20F3N5O2. The van der Waals surface area contributed by atoms with Crippen LogP contribution in [-0.2, 0) is 24.2 Å². The number of nitrogens with one attached hydrogen (secondary N) is 1. The van der Waals surface area contributed by atoms with E-state index in [0.29, 0.717) is 16.1 Å². The maximum atomic E-state index is 13.0. The molecule has 0 spiro atoms. The fraction of sp³-hybridized carbons (Fsp3) is 0.316. The fourth-order valence-electron chi connectivity index (χ4n) is 2.83. The Balaban J connectivity index is 1.59. The Bertz CT molecular complexity index is 1020. The number of halogens is 3. The van der Waals surface area contributed by atoms with E-state index in [1.807, 2.05) is 32.0 Å². The molecule has 0 aliphatic carbocycles. The van der Waals surface area contributed by atoms with E-state index in [0.717, 1.165) is 17.2 Å². The molecule has 0 bridgehead atoms. The number of aryl methyl sites for hydroxylation is 3. The van der Waals surface area contributed by atoms with Gasteiger partial charge in [-0.3, -0.25) is 9.48 Å². The zero-order valence-electron chi connectivity index (χ0n) is 16.1. The Morgan fingerprint density at radius 1 is 1.21 bits per heavy atom. The van der Waals surface area contributed by atoms with Crippen molar-refractivity contribution >= 4 is 11.6 Å². The van der Waals surface area contributed by atoms with E-state index in [1.165, 1.54) is 24.0 Å². The normalized spacial score (nSPS) is 11.5. The number of nitrogens with zero attached hydrogens (tertiary/aromatic N) is 4. The summed E-state index contributed by atoms with van der Waals surface area (Å²) >= 11 is 0. The molecule has 1 amide bonds. The second-order valence-corrected chi connectivity index (χ2v) is 6.69. The first-order valence-corrected chi connectivity index (χ1v) is 8.76. The van der Waals surface area contributed by atoms with Crippen LogP contribution in [0.3, 0.4) is 0 Å². The molecule has 3 rings (SSSR count). The van der Waals surface area contributed by atoms with Gasteiger partial charge < -0.3 is 10.1 Å². The van der Waals surface area contributed by atoms with E-state index >= 15 is 0 Å². The molecule has 154 valence electrons. The number of carbonyl (C=O) groups excluding carboxylic acids is 1. The molecule has 0 saturated heterocycles. The standard InChI is InChI=1S/C19H20F3N5O2/c1-12-4-5-16(13(2)6-12)29-11-26-9-15(8-23-26)24-18(28)10-27-17(19(20,21)22)7-14(3)25-27/h4-9H,10-11H2,1-3H3,(H,24,28). The lowest BCUT2D eigenvalue weighted by molar-refractivity contribution is -0.144. The van der Waals surface area contributed by atoms with Crippen LogP contribution in [-0.4, -0.2) is 25.5 Å². The molecule has 1 aromatic carbocycles. The Morgan fingerprint density at radius 2 is 1.97 bits per heavy atom. The van der Waals surface area contributed by atoms with Gasteiger partial charge in [0.1, 0.15) is 18.0 Å². The smallest absolute Gasteiger partial charge is 0.433 e. The summed E-state index contributed by atoms with van der Waals surface area (Å²) in [5, 5.41) is 10.3. The third-order valence-corrected chi connectivity index (χ3v) is 4.09. The highest BCUT2D eigenvalue weighted by molar-refractivity contribution is 5.90. The van der Waals surface area contributed by atoms with E-state index in [-0.39, 0.29) is 12.4 Å². The molecule has 0 fully saturated rings. The van der Waals surface area contributed by atoms with Crippen molar-refractivity contribution in [2.45, 2.75) is 40.2 Å². The van der Waals surface area contributed by atoms with Gasteiger partial charge in [0, 0.05) is 0 Å². The van der Waals surface area contributed by atoms with E-state index in [9.17, 15) is 18.0 Å². The van der Waals surface area contributed by atoms with Crippen LogP contribution in [0.2, 0.25) is 0 Å². The van der Waals surface area contributed by atoms with Gasteiger partial charge >= 0.3 is 6.18 Å². The summed E-state index contributed by atoms with van der Waals surface area (Å²) in [7, 11) is 0. The Hall–Kier alpha value is -3.30. The number of rotatable bonds is 6. The molecular weight excluding hydrogens is 387 g/mol. The predicted octanol–water partition coefficient (Wildman–Crippen LogP) is 3.70. The first-order valence-electron chi connectivity index (χ1n) is 8.76. The molecule has 0 atom stereocenters. The van der Waals surface area contributed by atoms with Crippen molar-refractivity contribution in [2.24, 2.45) is 0 Å². The molecule has 0 radical (unpaired) electrons. The summed E-state index contributed by atoms with van der Waals surface area (Å²) in [6.45, 7) is 4.91. The maximum Gasteiger partial charge on any atom is 0.433 e. The van der Waals surface area contributed by atoms with Crippen LogP contribution < -0.4 is 10.1 Å². The highest BCUT2D eigenvalue weighted by atomic mass is 19.4. The maximum absolute atomic E-state index is 13.0. The number of amides is 1. The monoisotopic (exact) mass is 407 g/mol. The van der Waals surface area contributed by atoms with Gasteiger partial charge in [0.05, 0.1) is 23.8 Å². The molecule has 29 heavy (non-hydrogen) atoms. The molecule has 0 aliphatic rings. The van der Waals surface area contributed by atoms with Crippen molar-refractivity contribution in [1.82, 2.24) is 19.6 Å². The number of ether oxygens (including phenoxy) is 1. The quantitative estimate of drug-likeness (QED) is 0.676. The molecule has 10 heteroatoms. The minimum atomic E-state index is -4.59. The summed E-state index contributed by atoms with van der Waals surface area (Å²) < 4.78 is 46.8. The van der Waals surface area contributed by atoms with E-state index in [2.05, 4.69) is 15.5 Å². The van der Waals surface area contributed by atoms with Crippen LogP contribution in [0.15, 0.2) is 36.7 Å². The lowest BCUT2D eigenvalue weighted by Crippen LogP contribution is -2.23. The van der Waals surface area contributed by atoms with Crippen molar-refractivity contribution in [3.8, 4) is 5.75 Å². The molecule has 3 aromatic rings. The van der Waals surface area contributed by atoms with Crippen molar-refractivity contribution in [3.05, 3.63) is 59.2 Å². The van der Waals surface area contributed by atoms with Gasteiger partial charge in [-0.05, 0) is 38.5 Å². The molecule has 7 nitrogen and oxygen atoms in total. The van der Waals surface area contributed by atoms with Gasteiger partial charge in [0.2, 0.25) is 5.91 Å². The van der Waals surface area contributed by atoms with Crippen molar-refractivity contribution in [1.29, 1.82) is 0 Å². The SMILES string of the molecule is Cc1ccc(OCn2cc(NC(=O)Cn3nc(C)cc3C(F)(F)F)cn2)c(C)c1. The average Bonchev–Trinajstić information content (AvgIpc) is 3.20. The molecule has 2 aromatic heterocycles. The second kappa shape index (κ2) is 7.98. The van der Waals surface area contributed by atoms with Crippen LogP contribution >= 0.6 is 0 Å². The molecule has 0 aliphatic heterocycles. The predicted molar refractivity (Wildman–Crippen MR) is 99.4 cm³/mol. The highest BCUT2D eigenvalue weighted by Gasteiger charge is 2.35. The van der Waals surface area contributed by atoms with Crippen molar-refractivity contribution in [3.63, 3.8) is 0 Å². The van der Waals surface area contributed by atoms with Gasteiger partial charge in [-0.15, -0.1) is 0 Å². The zero-order valence-corrected chi connectivity index (χ0v) is 16.1. The third-order valence-electron chi connectivity index (χ3n) is 4.09. The zero-order chi connectivity index (χ0) is 21.2. The van der Waals surface area contributed by atoms with Crippen LogP contribution in [0.25, 0.3) is 0 Å². The molecule has 0 unspecified atom stereocenters. The number of hydrogen-bond acceptors (Lipinski definition) is 4. The van der Waals surface area contributed by atoms with Crippen LogP contribution in [0, 0.1) is 20.8 Å². The first kappa shape index (κ1) is 20.4. The first-order chi connectivity index (χ1) is 13.6. The molecule has 2 heterocycles. The lowest BCUT2D eigenvalue weighted by atomic mass is 10.1. The Labute approximate surface area is 165 Å². The largest absolute Gasteiger partial charge is 0.471 e. The van der Waals surface area contributed by atoms with Crippen LogP contribution in [0.5, 0.6) is 5.75 Å². The van der Waals surface area contributed by atoms with Gasteiger partial charge in [-0.25, -0.2) is 4.68 Å². The Kier molecular flexibility index (Phi) is 5.62. The minimum Gasteiger partial charge on any atom is -0.471 e. The van der Waals surface area contributed by atoms with E-state index in [1.54, 1.807) is 0 Å². The fourth-order valence-corrected chi connectivity index (χ4v) is 2.83. The van der Waals surface area contributed by atoms with E-state index in [4.69, 9.17) is 4.74 Å². The summed E-state index contributed by atoms with van der Waals surface area (Å²) in [5.74, 6) is 0.0684. The number of anilines is 1. The average molecular weight is 407 g/mol. The van der Waals surface area contributed by atoms with Crippen molar-refractivity contribution < 1.29 is 22.7 Å². The van der Waals surface area contributed by atoms with Gasteiger partial charge in [-0.2, -0.15) is 23.4 Å². The lowest BCUT2D eigenvalue weighted by Gasteiger charge is -2.10. The molecule has 0 saturated carbocycles. The Morgan fingerprint density at radius 3 is 2.66 bits per heavy atom. The van der Waals surface area contributed by atoms with Gasteiger partial charge in [0.15, 0.2) is 6.73 Å². The number of alkyl halides is 3. The van der Waals surface area contributed by atoms with Crippen molar-refractivity contribution in [2.75, 3.05) is 5.32 Å². The van der Waals surface area contributed by atoms with E-state index < -0.39 is 24.3 Å². The number of aromatic nitrogens is 4. The van der Waals surface area contributed by atoms with Crippen LogP contribution in [0.4, 0.5) is 18.9 Å². The van der Waals surface area contributed by atoms with Crippen LogP contribution in [0.1, 0.15) is 22.5 Å². The summed E-state index contributed by atoms with van der Waals surface area (Å²) in [6.07, 6.45) is -1.67. The summed E-state index contributed by atoms with van der Waals surface area (Å²) in [5.41, 5.74) is 1.67. The summed E-state index contributed by atoms with van der Waals surface area (Å²) in [6, 6.07) is 6.69. The number of hydrogen-bond donors (Lipinski definition) is 1. The molecule has 1 N–H and O–H groups in total. The highest BCUT2D eigenvalue weighted by Crippen LogP contribution is 2.29. The summed E-state index contributed by atoms with van der Waals surface area (Å²) in [4.78, 5) is 12.1. The second-order valence-electron chi connectivity index (χ2n) is 6.69. The topological polar surface area (TPSA) is 74.0 Å². The van der Waals surface area contributed by atoms with Gasteiger partial charge in [-0.1, -0.05) is 17.7 Å². The third kappa shape index (κ3) is 5.15.